The summed E-state index contributed by atoms with van der Waals surface area (Å²) in [6, 6.07) is 14.1. The molecule has 1 heterocycles. The lowest BCUT2D eigenvalue weighted by Gasteiger charge is -2.09. The molecule has 0 saturated heterocycles. The number of benzene rings is 2. The summed E-state index contributed by atoms with van der Waals surface area (Å²) in [4.78, 5) is 16.7. The van der Waals surface area contributed by atoms with Crippen LogP contribution in [-0.2, 0) is 11.3 Å². The summed E-state index contributed by atoms with van der Waals surface area (Å²) in [6.45, 7) is 6.48. The standard InChI is InChI=1S/C21H22N2O2S/c1-14-8-9-19(16(3)10-14)25-12-20(24)22-11-17-13-26-21(23-17)18-7-5-4-6-15(18)2/h4-10,13H,11-12H2,1-3H3,(H,22,24). The molecule has 0 fully saturated rings. The van der Waals surface area contributed by atoms with Crippen molar-refractivity contribution >= 4 is 17.2 Å². The summed E-state index contributed by atoms with van der Waals surface area (Å²) in [5.74, 6) is 0.580. The van der Waals surface area contributed by atoms with Crippen LogP contribution in [0.25, 0.3) is 10.6 Å². The number of aryl methyl sites for hydroxylation is 3. The van der Waals surface area contributed by atoms with Crippen LogP contribution in [0.5, 0.6) is 5.75 Å². The van der Waals surface area contributed by atoms with E-state index in [-0.39, 0.29) is 12.5 Å². The summed E-state index contributed by atoms with van der Waals surface area (Å²) in [6.07, 6.45) is 0. The second kappa shape index (κ2) is 8.15. The molecule has 0 bridgehead atoms. The minimum absolute atomic E-state index is 0.00130. The number of carbonyl (C=O) groups is 1. The van der Waals surface area contributed by atoms with Crippen LogP contribution in [0.2, 0.25) is 0 Å². The Morgan fingerprint density at radius 1 is 1.12 bits per heavy atom. The van der Waals surface area contributed by atoms with Gasteiger partial charge in [-0.3, -0.25) is 4.79 Å². The molecule has 5 heteroatoms. The predicted octanol–water partition coefficient (Wildman–Crippen LogP) is 4.43. The van der Waals surface area contributed by atoms with Crippen LogP contribution in [0.3, 0.4) is 0 Å². The molecule has 26 heavy (non-hydrogen) atoms. The molecule has 134 valence electrons. The number of aromatic nitrogens is 1. The first-order chi connectivity index (χ1) is 12.5. The molecule has 0 atom stereocenters. The number of hydrogen-bond acceptors (Lipinski definition) is 4. The molecular weight excluding hydrogens is 344 g/mol. The molecule has 1 aromatic heterocycles. The Labute approximate surface area is 157 Å². The Kier molecular flexibility index (Phi) is 5.68. The van der Waals surface area contributed by atoms with Crippen molar-refractivity contribution < 1.29 is 9.53 Å². The van der Waals surface area contributed by atoms with Crippen molar-refractivity contribution in [2.45, 2.75) is 27.3 Å². The monoisotopic (exact) mass is 366 g/mol. The van der Waals surface area contributed by atoms with Gasteiger partial charge in [-0.15, -0.1) is 11.3 Å². The van der Waals surface area contributed by atoms with Crippen LogP contribution in [-0.4, -0.2) is 17.5 Å². The number of carbonyl (C=O) groups excluding carboxylic acids is 1. The SMILES string of the molecule is Cc1ccc(OCC(=O)NCc2csc(-c3ccccc3C)n2)c(C)c1. The van der Waals surface area contributed by atoms with Gasteiger partial charge in [0, 0.05) is 10.9 Å². The second-order valence-electron chi connectivity index (χ2n) is 6.29. The van der Waals surface area contributed by atoms with Crippen LogP contribution >= 0.6 is 11.3 Å². The van der Waals surface area contributed by atoms with Crippen molar-refractivity contribution in [2.75, 3.05) is 6.61 Å². The highest BCUT2D eigenvalue weighted by Gasteiger charge is 2.09. The van der Waals surface area contributed by atoms with E-state index in [2.05, 4.69) is 29.4 Å². The van der Waals surface area contributed by atoms with Gasteiger partial charge in [-0.2, -0.15) is 0 Å². The highest BCUT2D eigenvalue weighted by atomic mass is 32.1. The van der Waals surface area contributed by atoms with Gasteiger partial charge in [0.25, 0.3) is 5.91 Å². The largest absolute Gasteiger partial charge is 0.484 e. The van der Waals surface area contributed by atoms with Crippen LogP contribution in [0.1, 0.15) is 22.4 Å². The van der Waals surface area contributed by atoms with Crippen LogP contribution in [0.4, 0.5) is 0 Å². The third-order valence-electron chi connectivity index (χ3n) is 4.08. The molecule has 0 aliphatic heterocycles. The molecular formula is C21H22N2O2S. The van der Waals surface area contributed by atoms with Crippen molar-refractivity contribution in [3.05, 3.63) is 70.2 Å². The maximum atomic E-state index is 12.0. The molecule has 0 spiro atoms. The quantitative estimate of drug-likeness (QED) is 0.702. The Morgan fingerprint density at radius 2 is 1.92 bits per heavy atom. The van der Waals surface area contributed by atoms with Gasteiger partial charge in [0.05, 0.1) is 12.2 Å². The zero-order valence-electron chi connectivity index (χ0n) is 15.2. The lowest BCUT2D eigenvalue weighted by molar-refractivity contribution is -0.123. The summed E-state index contributed by atoms with van der Waals surface area (Å²) in [5, 5.41) is 5.81. The zero-order chi connectivity index (χ0) is 18.5. The number of rotatable bonds is 6. The van der Waals surface area contributed by atoms with E-state index in [4.69, 9.17) is 4.74 Å². The van der Waals surface area contributed by atoms with Gasteiger partial charge in [-0.05, 0) is 38.0 Å². The van der Waals surface area contributed by atoms with E-state index in [0.29, 0.717) is 6.54 Å². The molecule has 0 radical (unpaired) electrons. The van der Waals surface area contributed by atoms with E-state index in [9.17, 15) is 4.79 Å². The predicted molar refractivity (Wildman–Crippen MR) is 106 cm³/mol. The van der Waals surface area contributed by atoms with Gasteiger partial charge in [-0.1, -0.05) is 42.0 Å². The maximum absolute atomic E-state index is 12.0. The topological polar surface area (TPSA) is 51.2 Å². The highest BCUT2D eigenvalue weighted by Crippen LogP contribution is 2.26. The van der Waals surface area contributed by atoms with E-state index in [1.165, 1.54) is 11.1 Å². The second-order valence-corrected chi connectivity index (χ2v) is 7.15. The summed E-state index contributed by atoms with van der Waals surface area (Å²) in [7, 11) is 0. The lowest BCUT2D eigenvalue weighted by Crippen LogP contribution is -2.28. The maximum Gasteiger partial charge on any atom is 0.258 e. The zero-order valence-corrected chi connectivity index (χ0v) is 16.0. The molecule has 1 N–H and O–H groups in total. The van der Waals surface area contributed by atoms with Gasteiger partial charge >= 0.3 is 0 Å². The third kappa shape index (κ3) is 4.49. The molecule has 0 unspecified atom stereocenters. The fraction of sp³-hybridized carbons (Fsp3) is 0.238. The summed E-state index contributed by atoms with van der Waals surface area (Å²) < 4.78 is 5.60. The number of thiazole rings is 1. The Balaban J connectivity index is 1.53. The first-order valence-electron chi connectivity index (χ1n) is 8.50. The molecule has 3 rings (SSSR count). The van der Waals surface area contributed by atoms with Crippen molar-refractivity contribution in [2.24, 2.45) is 0 Å². The Bertz CT molecular complexity index is 918. The van der Waals surface area contributed by atoms with Gasteiger partial charge in [0.15, 0.2) is 6.61 Å². The number of nitrogens with one attached hydrogen (secondary N) is 1. The average molecular weight is 366 g/mol. The van der Waals surface area contributed by atoms with E-state index < -0.39 is 0 Å². The Morgan fingerprint density at radius 3 is 2.69 bits per heavy atom. The fourth-order valence-corrected chi connectivity index (χ4v) is 3.58. The van der Waals surface area contributed by atoms with Crippen molar-refractivity contribution in [1.82, 2.24) is 10.3 Å². The number of nitrogens with zero attached hydrogens (tertiary/aromatic N) is 1. The number of ether oxygens (including phenoxy) is 1. The summed E-state index contributed by atoms with van der Waals surface area (Å²) in [5.41, 5.74) is 5.38. The van der Waals surface area contributed by atoms with Crippen molar-refractivity contribution in [3.63, 3.8) is 0 Å². The number of amides is 1. The normalized spacial score (nSPS) is 10.6. The minimum Gasteiger partial charge on any atom is -0.484 e. The Hall–Kier alpha value is -2.66. The van der Waals surface area contributed by atoms with E-state index in [1.54, 1.807) is 11.3 Å². The first kappa shape index (κ1) is 18.1. The smallest absolute Gasteiger partial charge is 0.258 e. The van der Waals surface area contributed by atoms with Crippen molar-refractivity contribution in [1.29, 1.82) is 0 Å². The molecule has 0 saturated carbocycles. The van der Waals surface area contributed by atoms with E-state index in [1.807, 2.05) is 49.6 Å². The van der Waals surface area contributed by atoms with Crippen LogP contribution < -0.4 is 10.1 Å². The fourth-order valence-electron chi connectivity index (χ4n) is 2.67. The van der Waals surface area contributed by atoms with Crippen LogP contribution in [0.15, 0.2) is 47.8 Å². The molecule has 3 aromatic rings. The average Bonchev–Trinajstić information content (AvgIpc) is 3.08. The van der Waals surface area contributed by atoms with Gasteiger partial charge < -0.3 is 10.1 Å². The highest BCUT2D eigenvalue weighted by molar-refractivity contribution is 7.13. The molecule has 0 aliphatic carbocycles. The first-order valence-corrected chi connectivity index (χ1v) is 9.38. The van der Waals surface area contributed by atoms with E-state index in [0.717, 1.165) is 27.6 Å². The van der Waals surface area contributed by atoms with Crippen LogP contribution in [0, 0.1) is 20.8 Å². The summed E-state index contributed by atoms with van der Waals surface area (Å²) >= 11 is 1.59. The molecule has 1 amide bonds. The minimum atomic E-state index is -0.157. The third-order valence-corrected chi connectivity index (χ3v) is 5.01. The van der Waals surface area contributed by atoms with Gasteiger partial charge in [0.1, 0.15) is 10.8 Å². The number of hydrogen-bond donors (Lipinski definition) is 1. The molecule has 0 aliphatic rings. The van der Waals surface area contributed by atoms with Gasteiger partial charge in [-0.25, -0.2) is 4.98 Å². The van der Waals surface area contributed by atoms with Crippen molar-refractivity contribution in [3.8, 4) is 16.3 Å². The van der Waals surface area contributed by atoms with E-state index >= 15 is 0 Å². The molecule has 4 nitrogen and oxygen atoms in total. The van der Waals surface area contributed by atoms with Gasteiger partial charge in [0.2, 0.25) is 0 Å². The lowest BCUT2D eigenvalue weighted by atomic mass is 10.1. The molecule has 2 aromatic carbocycles.